The van der Waals surface area contributed by atoms with Crippen LogP contribution in [0.4, 0.5) is 8.78 Å². The Bertz CT molecular complexity index is 1280. The molecule has 0 aliphatic rings. The van der Waals surface area contributed by atoms with Gasteiger partial charge in [0, 0.05) is 18.7 Å². The van der Waals surface area contributed by atoms with Crippen LogP contribution in [0.5, 0.6) is 5.75 Å². The third kappa shape index (κ3) is 8.49. The Morgan fingerprint density at radius 1 is 0.974 bits per heavy atom. The normalized spacial score (nSPS) is 11.2. The first-order chi connectivity index (χ1) is 18.2. The summed E-state index contributed by atoms with van der Waals surface area (Å²) in [5.41, 5.74) is 6.84. The number of amides is 1. The molecule has 39 heavy (non-hydrogen) atoms. The SMILES string of the molecule is CCOC(=O)COc1cccc(-c2cc(F)c(C(OCC)C(=O)NCc3ccc(C(=N)N)cc3)c(F)c2)c1.Cl. The van der Waals surface area contributed by atoms with Crippen LogP contribution in [0.1, 0.15) is 36.6 Å². The lowest BCUT2D eigenvalue weighted by Crippen LogP contribution is -2.31. The van der Waals surface area contributed by atoms with E-state index in [1.807, 2.05) is 0 Å². The van der Waals surface area contributed by atoms with E-state index in [0.29, 0.717) is 22.4 Å². The number of nitrogens with one attached hydrogen (secondary N) is 2. The highest BCUT2D eigenvalue weighted by molar-refractivity contribution is 5.94. The van der Waals surface area contributed by atoms with Crippen LogP contribution in [0, 0.1) is 17.0 Å². The van der Waals surface area contributed by atoms with Gasteiger partial charge in [0.25, 0.3) is 5.91 Å². The first-order valence-electron chi connectivity index (χ1n) is 11.9. The number of hydrogen-bond acceptors (Lipinski definition) is 6. The molecule has 3 aromatic carbocycles. The summed E-state index contributed by atoms with van der Waals surface area (Å²) < 4.78 is 46.1. The second-order valence-corrected chi connectivity index (χ2v) is 8.14. The van der Waals surface area contributed by atoms with Crippen molar-refractivity contribution in [3.8, 4) is 16.9 Å². The van der Waals surface area contributed by atoms with E-state index in [1.54, 1.807) is 56.3 Å². The molecule has 1 atom stereocenters. The molecule has 0 aromatic heterocycles. The van der Waals surface area contributed by atoms with Crippen LogP contribution in [0.3, 0.4) is 0 Å². The van der Waals surface area contributed by atoms with Gasteiger partial charge in [-0.25, -0.2) is 13.6 Å². The maximum Gasteiger partial charge on any atom is 0.344 e. The number of halogens is 3. The summed E-state index contributed by atoms with van der Waals surface area (Å²) in [6.45, 7) is 3.35. The molecule has 1 unspecified atom stereocenters. The summed E-state index contributed by atoms with van der Waals surface area (Å²) in [5, 5.41) is 10.1. The molecule has 0 radical (unpaired) electrons. The summed E-state index contributed by atoms with van der Waals surface area (Å²) in [5.74, 6) is -2.89. The largest absolute Gasteiger partial charge is 0.482 e. The molecule has 11 heteroatoms. The van der Waals surface area contributed by atoms with Crippen LogP contribution in [-0.2, 0) is 25.6 Å². The zero-order valence-electron chi connectivity index (χ0n) is 21.5. The number of nitrogens with two attached hydrogens (primary N) is 1. The zero-order valence-corrected chi connectivity index (χ0v) is 22.3. The lowest BCUT2D eigenvalue weighted by molar-refractivity contribution is -0.145. The highest BCUT2D eigenvalue weighted by atomic mass is 35.5. The van der Waals surface area contributed by atoms with Crippen molar-refractivity contribution in [2.75, 3.05) is 19.8 Å². The van der Waals surface area contributed by atoms with Gasteiger partial charge >= 0.3 is 5.97 Å². The third-order valence-electron chi connectivity index (χ3n) is 5.47. The molecular weight excluding hydrogens is 532 g/mol. The minimum atomic E-state index is -1.51. The number of ether oxygens (including phenoxy) is 3. The van der Waals surface area contributed by atoms with E-state index in [1.165, 1.54) is 6.07 Å². The zero-order chi connectivity index (χ0) is 27.7. The first kappa shape index (κ1) is 31.2. The van der Waals surface area contributed by atoms with Crippen LogP contribution in [0.2, 0.25) is 0 Å². The molecule has 3 aromatic rings. The van der Waals surface area contributed by atoms with Crippen molar-refractivity contribution in [1.29, 1.82) is 5.41 Å². The number of esters is 1. The number of carbonyl (C=O) groups excluding carboxylic acids is 2. The summed E-state index contributed by atoms with van der Waals surface area (Å²) in [6, 6.07) is 15.3. The van der Waals surface area contributed by atoms with E-state index in [2.05, 4.69) is 5.32 Å². The average Bonchev–Trinajstić information content (AvgIpc) is 2.90. The standard InChI is InChI=1S/C28H29F2N3O5.ClH/c1-3-36-24(34)16-38-21-7-5-6-19(12-21)20-13-22(29)25(23(30)14-20)26(37-4-2)28(35)33-15-17-8-10-18(11-9-17)27(31)32;/h5-14,26H,3-4,15-16H2,1-2H3,(H3,31,32)(H,33,35);1H. The van der Waals surface area contributed by atoms with Crippen molar-refractivity contribution in [1.82, 2.24) is 5.32 Å². The van der Waals surface area contributed by atoms with Gasteiger partial charge in [-0.2, -0.15) is 0 Å². The Labute approximate surface area is 231 Å². The van der Waals surface area contributed by atoms with Crippen LogP contribution < -0.4 is 15.8 Å². The van der Waals surface area contributed by atoms with Gasteiger partial charge in [0.05, 0.1) is 12.2 Å². The number of hydrogen-bond donors (Lipinski definition) is 3. The van der Waals surface area contributed by atoms with Crippen molar-refractivity contribution in [3.63, 3.8) is 0 Å². The molecule has 8 nitrogen and oxygen atoms in total. The van der Waals surface area contributed by atoms with Gasteiger partial charge in [0.2, 0.25) is 0 Å². The lowest BCUT2D eigenvalue weighted by atomic mass is 9.99. The second-order valence-electron chi connectivity index (χ2n) is 8.14. The molecule has 3 rings (SSSR count). The Hall–Kier alpha value is -4.02. The molecule has 0 saturated heterocycles. The molecule has 4 N–H and O–H groups in total. The van der Waals surface area contributed by atoms with Crippen molar-refractivity contribution >= 4 is 30.1 Å². The van der Waals surface area contributed by atoms with Crippen LogP contribution >= 0.6 is 12.4 Å². The van der Waals surface area contributed by atoms with Gasteiger partial charge in [-0.15, -0.1) is 12.4 Å². The Kier molecular flexibility index (Phi) is 11.8. The van der Waals surface area contributed by atoms with Gasteiger partial charge in [-0.1, -0.05) is 36.4 Å². The predicted octanol–water partition coefficient (Wildman–Crippen LogP) is 4.67. The molecule has 208 valence electrons. The van der Waals surface area contributed by atoms with Crippen molar-refractivity contribution < 1.29 is 32.6 Å². The minimum Gasteiger partial charge on any atom is -0.482 e. The van der Waals surface area contributed by atoms with E-state index in [9.17, 15) is 9.59 Å². The molecule has 0 aliphatic carbocycles. The average molecular weight is 562 g/mol. The fourth-order valence-corrected chi connectivity index (χ4v) is 3.65. The minimum absolute atomic E-state index is 0. The number of benzene rings is 3. The first-order valence-corrected chi connectivity index (χ1v) is 11.9. The summed E-state index contributed by atoms with van der Waals surface area (Å²) in [7, 11) is 0. The van der Waals surface area contributed by atoms with E-state index in [-0.39, 0.29) is 50.2 Å². The summed E-state index contributed by atoms with van der Waals surface area (Å²) in [4.78, 5) is 24.4. The van der Waals surface area contributed by atoms with Gasteiger partial charge in [-0.05, 0) is 54.8 Å². The molecule has 0 fully saturated rings. The van der Waals surface area contributed by atoms with Crippen LogP contribution in [-0.4, -0.2) is 37.5 Å². The summed E-state index contributed by atoms with van der Waals surface area (Å²) in [6.07, 6.45) is -1.51. The van der Waals surface area contributed by atoms with Gasteiger partial charge in [0.15, 0.2) is 12.7 Å². The van der Waals surface area contributed by atoms with Crippen molar-refractivity contribution in [3.05, 3.63) is 89.0 Å². The molecule has 0 heterocycles. The van der Waals surface area contributed by atoms with Crippen LogP contribution in [0.15, 0.2) is 60.7 Å². The number of carbonyl (C=O) groups is 2. The fraction of sp³-hybridized carbons (Fsp3) is 0.250. The van der Waals surface area contributed by atoms with E-state index >= 15 is 8.78 Å². The van der Waals surface area contributed by atoms with Crippen LogP contribution in [0.25, 0.3) is 11.1 Å². The lowest BCUT2D eigenvalue weighted by Gasteiger charge is -2.19. The van der Waals surface area contributed by atoms with E-state index < -0.39 is 35.2 Å². The molecule has 0 aliphatic heterocycles. The quantitative estimate of drug-likeness (QED) is 0.168. The predicted molar refractivity (Wildman–Crippen MR) is 145 cm³/mol. The molecular formula is C28H30ClF2N3O5. The van der Waals surface area contributed by atoms with Gasteiger partial charge in [-0.3, -0.25) is 10.2 Å². The fourth-order valence-electron chi connectivity index (χ4n) is 3.65. The van der Waals surface area contributed by atoms with Gasteiger partial charge in [0.1, 0.15) is 23.2 Å². The Morgan fingerprint density at radius 2 is 1.64 bits per heavy atom. The third-order valence-corrected chi connectivity index (χ3v) is 5.47. The van der Waals surface area contributed by atoms with Gasteiger partial charge < -0.3 is 25.3 Å². The van der Waals surface area contributed by atoms with Crippen molar-refractivity contribution in [2.45, 2.75) is 26.5 Å². The van der Waals surface area contributed by atoms with E-state index in [4.69, 9.17) is 25.4 Å². The second kappa shape index (κ2) is 14.8. The highest BCUT2D eigenvalue weighted by Crippen LogP contribution is 2.31. The van der Waals surface area contributed by atoms with E-state index in [0.717, 1.165) is 12.1 Å². The summed E-state index contributed by atoms with van der Waals surface area (Å²) >= 11 is 0. The Morgan fingerprint density at radius 3 is 2.23 bits per heavy atom. The highest BCUT2D eigenvalue weighted by Gasteiger charge is 2.28. The molecule has 0 saturated carbocycles. The Balaban J connectivity index is 0.00000533. The monoisotopic (exact) mass is 561 g/mol. The smallest absolute Gasteiger partial charge is 0.344 e. The maximum atomic E-state index is 15.2. The molecule has 0 bridgehead atoms. The number of rotatable bonds is 12. The molecule has 1 amide bonds. The topological polar surface area (TPSA) is 124 Å². The number of amidine groups is 1. The van der Waals surface area contributed by atoms with Crippen molar-refractivity contribution in [2.24, 2.45) is 5.73 Å². The maximum absolute atomic E-state index is 15.2. The number of nitrogen functional groups attached to an aromatic ring is 1. The molecule has 0 spiro atoms.